The second kappa shape index (κ2) is 45.7. The van der Waals surface area contributed by atoms with Crippen LogP contribution in [-0.4, -0.2) is 59.1 Å². The summed E-state index contributed by atoms with van der Waals surface area (Å²) in [6.45, 7) is 24.8. The molecule has 0 aliphatic rings. The number of carbonyl (C=O) groups is 7. The Hall–Kier alpha value is -9.74. The smallest absolute Gasteiger partial charge is 0.545 e. The number of carboxylic acids is 7. The molecule has 0 aliphatic heterocycles. The van der Waals surface area contributed by atoms with Gasteiger partial charge in [-0.3, -0.25) is 0 Å². The van der Waals surface area contributed by atoms with Crippen molar-refractivity contribution in [2.24, 2.45) is 0 Å². The number of rotatable bonds is 21. The average molecular weight is 1200 g/mol. The van der Waals surface area contributed by atoms with Crippen LogP contribution in [0.2, 0.25) is 0 Å². The minimum Gasteiger partial charge on any atom is -0.545 e. The summed E-state index contributed by atoms with van der Waals surface area (Å²) in [6.07, 6.45) is 15.6. The molecule has 0 spiro atoms. The zero-order chi connectivity index (χ0) is 62.8. The summed E-state index contributed by atoms with van der Waals surface area (Å²) in [7, 11) is 0. The average Bonchev–Trinajstić information content (AvgIpc) is 3.71. The molecule has 7 aromatic carbocycles. The Labute approximate surface area is 528 Å². The molecular weight excluding hydrogens is 1140 g/mol. The van der Waals surface area contributed by atoms with E-state index in [-0.39, 0.29) is 78.0 Å². The number of hydrogen-bond acceptors (Lipinski definition) is 14. The quantitative estimate of drug-likeness (QED) is 0.0671. The molecule has 0 fully saturated rings. The molecule has 0 heterocycles. The molecule has 0 aliphatic carbocycles. The van der Waals surface area contributed by atoms with Crippen LogP contribution in [0, 0.1) is 0 Å². The van der Waals surface area contributed by atoms with Crippen molar-refractivity contribution in [3.63, 3.8) is 0 Å². The van der Waals surface area contributed by atoms with Crippen molar-refractivity contribution in [1.29, 1.82) is 0 Å². The monoisotopic (exact) mass is 1200 g/mol. The van der Waals surface area contributed by atoms with Crippen LogP contribution in [0.4, 0.5) is 0 Å². The standard InChI is InChI=1S/7C10H10O2.Al.Ti/c7*1-2-5-8-6-3-4-7-9(8)10(11)12;;/h7*2-4,6-7H,1,5H2,(H,11,12);;/q;;;;;;;+3;+4/p-7. The van der Waals surface area contributed by atoms with E-state index in [1.165, 1.54) is 42.5 Å². The van der Waals surface area contributed by atoms with Crippen molar-refractivity contribution in [3.8, 4) is 0 Å². The van der Waals surface area contributed by atoms with E-state index in [4.69, 9.17) is 0 Å². The van der Waals surface area contributed by atoms with Gasteiger partial charge in [0.1, 0.15) is 0 Å². The Balaban J connectivity index is 0. The Morgan fingerprint density at radius 2 is 0.326 bits per heavy atom. The number of aromatic carboxylic acids is 7. The molecule has 0 radical (unpaired) electrons. The Bertz CT molecular complexity index is 2760. The van der Waals surface area contributed by atoms with Crippen LogP contribution in [0.15, 0.2) is 258 Å². The molecule has 0 N–H and O–H groups in total. The molecule has 0 saturated heterocycles. The molecule has 7 aromatic rings. The third-order valence-corrected chi connectivity index (χ3v) is 11.2. The van der Waals surface area contributed by atoms with Gasteiger partial charge in [0.05, 0.1) is 41.8 Å². The van der Waals surface area contributed by atoms with E-state index in [1.807, 2.05) is 0 Å². The number of hydrogen-bond donors (Lipinski definition) is 0. The van der Waals surface area contributed by atoms with Gasteiger partial charge in [0.15, 0.2) is 0 Å². The predicted octanol–water partition coefficient (Wildman–Crippen LogP) is 5.07. The summed E-state index contributed by atoms with van der Waals surface area (Å²) in [5, 5.41) is 73.9. The van der Waals surface area contributed by atoms with E-state index < -0.39 is 41.8 Å². The van der Waals surface area contributed by atoms with Gasteiger partial charge < -0.3 is 69.3 Å². The first-order chi connectivity index (χ1) is 40.3. The topological polar surface area (TPSA) is 281 Å². The minimum absolute atomic E-state index is 0. The molecule has 0 saturated carbocycles. The molecule has 0 bridgehead atoms. The van der Waals surface area contributed by atoms with E-state index in [0.717, 1.165) is 38.9 Å². The molecule has 0 unspecified atom stereocenters. The van der Waals surface area contributed by atoms with Crippen molar-refractivity contribution in [2.75, 3.05) is 0 Å². The Morgan fingerprint density at radius 1 is 0.233 bits per heavy atom. The van der Waals surface area contributed by atoms with E-state index in [0.29, 0.717) is 44.9 Å². The SMILES string of the molecule is C=CCc1ccccc1C(=O)[O-].C=CCc1ccccc1C(=O)[O-].C=CCc1ccccc1C(=O)[O-].C=CCc1ccccc1C(=O)[O-].C=CCc1ccccc1C(=O)[O-].C=CCc1ccccc1C(=O)[O-].C=CCc1ccccc1C(=O)[O-].[Al+3].[Ti+4]. The zero-order valence-corrected chi connectivity index (χ0v) is 50.1. The second-order valence-electron chi connectivity index (χ2n) is 17.1. The summed E-state index contributed by atoms with van der Waals surface area (Å²) >= 11 is 0. The van der Waals surface area contributed by atoms with Gasteiger partial charge in [-0.05, 0) is 83.9 Å². The van der Waals surface area contributed by atoms with Gasteiger partial charge in [0, 0.05) is 38.9 Å². The maximum atomic E-state index is 10.6. The van der Waals surface area contributed by atoms with Crippen molar-refractivity contribution in [2.45, 2.75) is 44.9 Å². The van der Waals surface area contributed by atoms with Gasteiger partial charge in [-0.25, -0.2) is 0 Å². The van der Waals surface area contributed by atoms with Gasteiger partial charge in [-0.2, -0.15) is 0 Å². The first-order valence-corrected chi connectivity index (χ1v) is 25.6. The van der Waals surface area contributed by atoms with Gasteiger partial charge in [0.25, 0.3) is 0 Å². The Morgan fingerprint density at radius 3 is 0.407 bits per heavy atom. The molecule has 14 nitrogen and oxygen atoms in total. The van der Waals surface area contributed by atoms with E-state index in [9.17, 15) is 69.3 Å². The normalized spacial score (nSPS) is 9.12. The molecule has 0 amide bonds. The van der Waals surface area contributed by atoms with Gasteiger partial charge >= 0.3 is 39.1 Å². The van der Waals surface area contributed by atoms with Gasteiger partial charge in [-0.1, -0.05) is 212 Å². The first-order valence-electron chi connectivity index (χ1n) is 25.6. The van der Waals surface area contributed by atoms with Crippen LogP contribution in [-0.2, 0) is 66.7 Å². The summed E-state index contributed by atoms with van der Waals surface area (Å²) in [5.41, 5.74) is 6.93. The number of carbonyl (C=O) groups excluding carboxylic acids is 7. The van der Waals surface area contributed by atoms with Crippen LogP contribution in [0.1, 0.15) is 111 Å². The predicted molar refractivity (Wildman–Crippen MR) is 318 cm³/mol. The fourth-order valence-corrected chi connectivity index (χ4v) is 7.37. The van der Waals surface area contributed by atoms with E-state index in [2.05, 4.69) is 46.1 Å². The van der Waals surface area contributed by atoms with E-state index >= 15 is 0 Å². The van der Waals surface area contributed by atoms with Crippen LogP contribution in [0.3, 0.4) is 0 Å². The number of allylic oxidation sites excluding steroid dienone is 7. The van der Waals surface area contributed by atoms with Crippen molar-refractivity contribution in [3.05, 3.63) is 336 Å². The molecular formula is C70H63AlO14Ti. The Kier molecular flexibility index (Phi) is 41.7. The summed E-state index contributed by atoms with van der Waals surface area (Å²) in [5.74, 6) is -7.92. The maximum Gasteiger partial charge on any atom is 4.00 e. The maximum absolute atomic E-state index is 10.6. The number of carboxylic acid groups (broad SMARTS) is 7. The van der Waals surface area contributed by atoms with Gasteiger partial charge in [0.2, 0.25) is 0 Å². The molecule has 0 aromatic heterocycles. The molecule has 0 atom stereocenters. The first kappa shape index (κ1) is 78.3. The largest absolute Gasteiger partial charge is 4.00 e. The minimum atomic E-state index is -1.13. The third-order valence-electron chi connectivity index (χ3n) is 11.2. The van der Waals surface area contributed by atoms with Crippen LogP contribution in [0.25, 0.3) is 0 Å². The third kappa shape index (κ3) is 29.5. The molecule has 16 heteroatoms. The summed E-state index contributed by atoms with van der Waals surface area (Å²) < 4.78 is 0. The van der Waals surface area contributed by atoms with Crippen molar-refractivity contribution < 1.29 is 91.0 Å². The van der Waals surface area contributed by atoms with Crippen LogP contribution >= 0.6 is 0 Å². The number of benzene rings is 7. The second-order valence-corrected chi connectivity index (χ2v) is 17.1. The van der Waals surface area contributed by atoms with Crippen LogP contribution < -0.4 is 35.7 Å². The van der Waals surface area contributed by atoms with E-state index in [1.54, 1.807) is 170 Å². The fourth-order valence-electron chi connectivity index (χ4n) is 7.37. The zero-order valence-electron chi connectivity index (χ0n) is 47.4. The molecule has 86 heavy (non-hydrogen) atoms. The van der Waals surface area contributed by atoms with Crippen molar-refractivity contribution in [1.82, 2.24) is 0 Å². The van der Waals surface area contributed by atoms with Gasteiger partial charge in [-0.15, -0.1) is 46.1 Å². The molecule has 434 valence electrons. The summed E-state index contributed by atoms with van der Waals surface area (Å²) in [6, 6.07) is 47.4. The van der Waals surface area contributed by atoms with Crippen molar-refractivity contribution >= 4 is 59.1 Å². The fraction of sp³-hybridized carbons (Fsp3) is 0.100. The summed E-state index contributed by atoms with van der Waals surface area (Å²) in [4.78, 5) is 73.9. The molecule has 7 rings (SSSR count). The van der Waals surface area contributed by atoms with Crippen LogP contribution in [0.5, 0.6) is 0 Å².